The van der Waals surface area contributed by atoms with Gasteiger partial charge in [-0.15, -0.1) is 0 Å². The fourth-order valence-corrected chi connectivity index (χ4v) is 2.79. The Hall–Kier alpha value is -2.62. The Morgan fingerprint density at radius 1 is 1.14 bits per heavy atom. The van der Waals surface area contributed by atoms with Gasteiger partial charge in [0.05, 0.1) is 12.7 Å². The number of carbonyl (C=O) groups is 2. The second kappa shape index (κ2) is 5.05. The molecule has 1 aliphatic rings. The van der Waals surface area contributed by atoms with E-state index in [1.54, 1.807) is 31.4 Å². The van der Waals surface area contributed by atoms with Crippen LogP contribution in [0.15, 0.2) is 36.4 Å². The zero-order valence-electron chi connectivity index (χ0n) is 11.6. The van der Waals surface area contributed by atoms with E-state index >= 15 is 0 Å². The topological polar surface area (TPSA) is 63.6 Å². The molecule has 0 saturated carbocycles. The number of fused-ring (bicyclic) bond motifs is 2. The molecule has 0 radical (unpaired) electrons. The summed E-state index contributed by atoms with van der Waals surface area (Å²) in [4.78, 5) is 23.7. The van der Waals surface area contributed by atoms with Crippen molar-refractivity contribution in [3.05, 3.63) is 64.2 Å². The number of benzene rings is 2. The zero-order valence-corrected chi connectivity index (χ0v) is 11.6. The van der Waals surface area contributed by atoms with Gasteiger partial charge in [0.25, 0.3) is 0 Å². The van der Waals surface area contributed by atoms with Crippen LogP contribution in [0.25, 0.3) is 0 Å². The smallest absolute Gasteiger partial charge is 0.335 e. The van der Waals surface area contributed by atoms with Crippen molar-refractivity contribution in [1.29, 1.82) is 0 Å². The van der Waals surface area contributed by atoms with Crippen LogP contribution >= 0.6 is 0 Å². The van der Waals surface area contributed by atoms with E-state index in [0.717, 1.165) is 11.1 Å². The van der Waals surface area contributed by atoms with Crippen molar-refractivity contribution in [1.82, 2.24) is 0 Å². The average Bonchev–Trinajstić information content (AvgIpc) is 2.64. The van der Waals surface area contributed by atoms with Crippen molar-refractivity contribution >= 4 is 11.8 Å². The second-order valence-corrected chi connectivity index (χ2v) is 4.99. The fraction of sp³-hybridized carbons (Fsp3) is 0.176. The van der Waals surface area contributed by atoms with Crippen molar-refractivity contribution in [3.63, 3.8) is 0 Å². The first-order chi connectivity index (χ1) is 10.1. The first kappa shape index (κ1) is 13.4. The van der Waals surface area contributed by atoms with Crippen LogP contribution in [-0.2, 0) is 12.8 Å². The van der Waals surface area contributed by atoms with Crippen molar-refractivity contribution in [2.45, 2.75) is 12.8 Å². The number of methoxy groups -OCH3 is 1. The predicted octanol–water partition coefficient (Wildman–Crippen LogP) is 2.72. The van der Waals surface area contributed by atoms with Gasteiger partial charge in [0.1, 0.15) is 5.75 Å². The lowest BCUT2D eigenvalue weighted by atomic mass is 9.97. The zero-order chi connectivity index (χ0) is 15.0. The molecule has 2 aromatic rings. The largest absolute Gasteiger partial charge is 0.496 e. The van der Waals surface area contributed by atoms with Crippen LogP contribution in [0.1, 0.15) is 37.4 Å². The van der Waals surface area contributed by atoms with Gasteiger partial charge >= 0.3 is 5.97 Å². The van der Waals surface area contributed by atoms with Crippen LogP contribution in [0.5, 0.6) is 5.75 Å². The first-order valence-corrected chi connectivity index (χ1v) is 6.68. The van der Waals surface area contributed by atoms with Crippen LogP contribution in [0.3, 0.4) is 0 Å². The van der Waals surface area contributed by atoms with Crippen LogP contribution in [0, 0.1) is 0 Å². The molecule has 21 heavy (non-hydrogen) atoms. The van der Waals surface area contributed by atoms with Gasteiger partial charge in [0, 0.05) is 16.7 Å². The molecule has 1 N–H and O–H groups in total. The van der Waals surface area contributed by atoms with Gasteiger partial charge in [-0.2, -0.15) is 0 Å². The number of carboxylic acids is 1. The molecule has 0 spiro atoms. The molecule has 0 amide bonds. The maximum atomic E-state index is 12.7. The van der Waals surface area contributed by atoms with Crippen LogP contribution in [0.4, 0.5) is 0 Å². The third-order valence-corrected chi connectivity index (χ3v) is 3.84. The average molecular weight is 282 g/mol. The molecule has 106 valence electrons. The lowest BCUT2D eigenvalue weighted by Gasteiger charge is -2.09. The molecule has 1 aliphatic carbocycles. The minimum atomic E-state index is -0.982. The quantitative estimate of drug-likeness (QED) is 0.920. The molecule has 4 heteroatoms. The summed E-state index contributed by atoms with van der Waals surface area (Å²) in [6.07, 6.45) is 1.27. The van der Waals surface area contributed by atoms with Crippen molar-refractivity contribution < 1.29 is 19.4 Å². The molecule has 0 heterocycles. The van der Waals surface area contributed by atoms with Gasteiger partial charge in [0.15, 0.2) is 5.78 Å². The number of carbonyl (C=O) groups excluding carboxylic acids is 1. The summed E-state index contributed by atoms with van der Waals surface area (Å²) in [6, 6.07) is 10.1. The highest BCUT2D eigenvalue weighted by molar-refractivity contribution is 6.12. The highest BCUT2D eigenvalue weighted by Gasteiger charge is 2.24. The Bertz CT molecular complexity index is 746. The number of aryl methyl sites for hydroxylation is 1. The third kappa shape index (κ3) is 2.18. The summed E-state index contributed by atoms with van der Waals surface area (Å²) >= 11 is 0. The van der Waals surface area contributed by atoms with E-state index in [2.05, 4.69) is 0 Å². The lowest BCUT2D eigenvalue weighted by Crippen LogP contribution is -2.06. The maximum Gasteiger partial charge on any atom is 0.335 e. The fourth-order valence-electron chi connectivity index (χ4n) is 2.79. The number of hydrogen-bond donors (Lipinski definition) is 1. The van der Waals surface area contributed by atoms with E-state index in [1.165, 1.54) is 6.07 Å². The molecule has 2 aromatic carbocycles. The molecular weight excluding hydrogens is 268 g/mol. The van der Waals surface area contributed by atoms with Crippen LogP contribution in [0.2, 0.25) is 0 Å². The number of carboxylic acid groups (broad SMARTS) is 1. The van der Waals surface area contributed by atoms with Gasteiger partial charge in [-0.3, -0.25) is 4.79 Å². The van der Waals surface area contributed by atoms with E-state index in [-0.39, 0.29) is 11.3 Å². The monoisotopic (exact) mass is 282 g/mol. The molecule has 0 bridgehead atoms. The summed E-state index contributed by atoms with van der Waals surface area (Å²) in [7, 11) is 1.58. The van der Waals surface area contributed by atoms with E-state index < -0.39 is 5.97 Å². The lowest BCUT2D eigenvalue weighted by molar-refractivity contribution is 0.0696. The standard InChI is InChI=1S/C17H14O4/c1-21-15-4-2-3-14-13(15)8-5-10-9-11(17(19)20)6-7-12(10)16(14)18/h2-4,6-7,9H,5,8H2,1H3,(H,19,20). The summed E-state index contributed by atoms with van der Waals surface area (Å²) in [5.41, 5.74) is 3.08. The van der Waals surface area contributed by atoms with Crippen molar-refractivity contribution in [2.24, 2.45) is 0 Å². The Morgan fingerprint density at radius 3 is 2.67 bits per heavy atom. The van der Waals surface area contributed by atoms with E-state index in [1.807, 2.05) is 6.07 Å². The summed E-state index contributed by atoms with van der Waals surface area (Å²) in [6.45, 7) is 0. The predicted molar refractivity (Wildman–Crippen MR) is 77.2 cm³/mol. The van der Waals surface area contributed by atoms with Gasteiger partial charge in [-0.25, -0.2) is 4.79 Å². The summed E-state index contributed by atoms with van der Waals surface area (Å²) < 4.78 is 5.33. The van der Waals surface area contributed by atoms with Crippen molar-refractivity contribution in [2.75, 3.05) is 7.11 Å². The number of ether oxygens (including phenoxy) is 1. The third-order valence-electron chi connectivity index (χ3n) is 3.84. The molecule has 4 nitrogen and oxygen atoms in total. The van der Waals surface area contributed by atoms with Gasteiger partial charge < -0.3 is 9.84 Å². The Kier molecular flexibility index (Phi) is 3.22. The molecule has 0 unspecified atom stereocenters. The SMILES string of the molecule is COc1cccc2c1CCc1cc(C(=O)O)ccc1C2=O. The number of aromatic carboxylic acids is 1. The molecule has 0 saturated heterocycles. The molecular formula is C17H14O4. The maximum absolute atomic E-state index is 12.7. The van der Waals surface area contributed by atoms with Gasteiger partial charge in [-0.1, -0.05) is 12.1 Å². The first-order valence-electron chi connectivity index (χ1n) is 6.68. The molecule has 0 fully saturated rings. The summed E-state index contributed by atoms with van der Waals surface area (Å²) in [5.74, 6) is -0.356. The van der Waals surface area contributed by atoms with E-state index in [4.69, 9.17) is 9.84 Å². The molecule has 3 rings (SSSR count). The Labute approximate surface area is 122 Å². The molecule has 0 atom stereocenters. The Morgan fingerprint density at radius 2 is 1.95 bits per heavy atom. The normalized spacial score (nSPS) is 13.1. The minimum Gasteiger partial charge on any atom is -0.496 e. The second-order valence-electron chi connectivity index (χ2n) is 4.99. The minimum absolute atomic E-state index is 0.0756. The van der Waals surface area contributed by atoms with Crippen molar-refractivity contribution in [3.8, 4) is 5.75 Å². The van der Waals surface area contributed by atoms with E-state index in [0.29, 0.717) is 29.7 Å². The number of hydrogen-bond acceptors (Lipinski definition) is 3. The number of rotatable bonds is 2. The number of ketones is 1. The van der Waals surface area contributed by atoms with Crippen LogP contribution in [-0.4, -0.2) is 24.0 Å². The van der Waals surface area contributed by atoms with Gasteiger partial charge in [0.2, 0.25) is 0 Å². The molecule has 0 aromatic heterocycles. The Balaban J connectivity index is 2.15. The highest BCUT2D eigenvalue weighted by atomic mass is 16.5. The van der Waals surface area contributed by atoms with E-state index in [9.17, 15) is 9.59 Å². The summed E-state index contributed by atoms with van der Waals surface area (Å²) in [5, 5.41) is 9.07. The highest BCUT2D eigenvalue weighted by Crippen LogP contribution is 2.30. The van der Waals surface area contributed by atoms with Gasteiger partial charge in [-0.05, 0) is 42.7 Å². The molecule has 0 aliphatic heterocycles. The van der Waals surface area contributed by atoms with Crippen LogP contribution < -0.4 is 4.74 Å².